The maximum atomic E-state index is 12.9. The van der Waals surface area contributed by atoms with Crippen molar-refractivity contribution >= 4 is 25.8 Å². The van der Waals surface area contributed by atoms with Crippen LogP contribution in [0, 0.1) is 5.82 Å². The summed E-state index contributed by atoms with van der Waals surface area (Å²) in [6.07, 6.45) is 6.46. The van der Waals surface area contributed by atoms with Gasteiger partial charge in [-0.3, -0.25) is 4.79 Å². The molecule has 0 saturated heterocycles. The molecule has 8 nitrogen and oxygen atoms in total. The van der Waals surface area contributed by atoms with E-state index < -0.39 is 43.5 Å². The van der Waals surface area contributed by atoms with Crippen LogP contribution in [-0.4, -0.2) is 68.5 Å². The first-order valence-electron chi connectivity index (χ1n) is 9.07. The van der Waals surface area contributed by atoms with Crippen molar-refractivity contribution in [1.82, 2.24) is 4.31 Å². The summed E-state index contributed by atoms with van der Waals surface area (Å²) in [5.41, 5.74) is 0. The Balaban J connectivity index is 2.62. The van der Waals surface area contributed by atoms with Crippen LogP contribution >= 0.6 is 0 Å². The lowest BCUT2D eigenvalue weighted by molar-refractivity contribution is -0.137. The molecule has 0 heterocycles. The van der Waals surface area contributed by atoms with Gasteiger partial charge in [0.1, 0.15) is 5.82 Å². The number of benzene rings is 1. The maximum Gasteiger partial charge on any atom is 0.303 e. The summed E-state index contributed by atoms with van der Waals surface area (Å²) in [7, 11) is -7.39. The fraction of sp³-hybridized carbons (Fsp3) is 0.421. The summed E-state index contributed by atoms with van der Waals surface area (Å²) in [6, 6.07) is 4.23. The lowest BCUT2D eigenvalue weighted by Gasteiger charge is -2.16. The van der Waals surface area contributed by atoms with E-state index in [0.717, 1.165) is 34.8 Å². The monoisotopic (exact) mass is 463 g/mol. The SMILES string of the molecule is CS(=O)(=O)N(C/C=C\CCCC(=O)O)C/C=C/C(O)CS(=O)(=O)c1ccc(F)cc1. The first-order chi connectivity index (χ1) is 13.9. The second-order valence-electron chi connectivity index (χ2n) is 6.57. The zero-order valence-electron chi connectivity index (χ0n) is 16.5. The highest BCUT2D eigenvalue weighted by Gasteiger charge is 2.19. The molecule has 0 aliphatic rings. The molecule has 168 valence electrons. The molecule has 1 rings (SSSR count). The molecule has 1 aromatic rings. The van der Waals surface area contributed by atoms with Crippen LogP contribution in [0.2, 0.25) is 0 Å². The third kappa shape index (κ3) is 10.1. The number of aliphatic carboxylic acids is 1. The van der Waals surface area contributed by atoms with Crippen LogP contribution in [0.1, 0.15) is 19.3 Å². The van der Waals surface area contributed by atoms with Gasteiger partial charge in [0, 0.05) is 19.5 Å². The van der Waals surface area contributed by atoms with Crippen LogP contribution in [0.4, 0.5) is 4.39 Å². The van der Waals surface area contributed by atoms with E-state index in [1.807, 2.05) is 0 Å². The minimum Gasteiger partial charge on any atom is -0.481 e. The lowest BCUT2D eigenvalue weighted by Crippen LogP contribution is -2.30. The van der Waals surface area contributed by atoms with Crippen molar-refractivity contribution in [3.63, 3.8) is 0 Å². The van der Waals surface area contributed by atoms with E-state index in [1.165, 1.54) is 12.2 Å². The lowest BCUT2D eigenvalue weighted by atomic mass is 10.2. The summed E-state index contributed by atoms with van der Waals surface area (Å²) in [5.74, 6) is -2.10. The highest BCUT2D eigenvalue weighted by Crippen LogP contribution is 2.13. The van der Waals surface area contributed by atoms with E-state index in [2.05, 4.69) is 0 Å². The van der Waals surface area contributed by atoms with Crippen molar-refractivity contribution in [2.75, 3.05) is 25.1 Å². The Hall–Kier alpha value is -2.08. The Morgan fingerprint density at radius 1 is 1.10 bits per heavy atom. The molecule has 0 saturated carbocycles. The van der Waals surface area contributed by atoms with Crippen molar-refractivity contribution in [1.29, 1.82) is 0 Å². The average Bonchev–Trinajstić information content (AvgIpc) is 2.61. The third-order valence-corrected chi connectivity index (χ3v) is 6.94. The molecule has 0 aliphatic heterocycles. The molecule has 1 unspecified atom stereocenters. The number of aliphatic hydroxyl groups is 1. The highest BCUT2D eigenvalue weighted by atomic mass is 32.2. The van der Waals surface area contributed by atoms with Gasteiger partial charge in [0.05, 0.1) is 23.0 Å². The molecule has 30 heavy (non-hydrogen) atoms. The first-order valence-corrected chi connectivity index (χ1v) is 12.6. The number of hydrogen-bond donors (Lipinski definition) is 2. The van der Waals surface area contributed by atoms with Gasteiger partial charge in [0.25, 0.3) is 0 Å². The molecule has 0 aromatic heterocycles. The Labute approximate surface area is 176 Å². The molecular formula is C19H26FNO7S2. The number of hydrogen-bond acceptors (Lipinski definition) is 6. The van der Waals surface area contributed by atoms with E-state index in [9.17, 15) is 31.1 Å². The normalized spacial score (nSPS) is 14.0. The molecule has 0 radical (unpaired) electrons. The molecule has 0 amide bonds. The van der Waals surface area contributed by atoms with Crippen molar-refractivity contribution in [3.8, 4) is 0 Å². The number of carbonyl (C=O) groups is 1. The number of carboxylic acids is 1. The van der Waals surface area contributed by atoms with Crippen molar-refractivity contribution in [3.05, 3.63) is 54.4 Å². The minimum absolute atomic E-state index is 0.0294. The largest absolute Gasteiger partial charge is 0.481 e. The number of nitrogens with zero attached hydrogens (tertiary/aromatic N) is 1. The summed E-state index contributed by atoms with van der Waals surface area (Å²) in [5, 5.41) is 18.5. The number of allylic oxidation sites excluding steroid dienone is 1. The zero-order chi connectivity index (χ0) is 22.8. The number of halogens is 1. The predicted molar refractivity (Wildman–Crippen MR) is 111 cm³/mol. The quantitative estimate of drug-likeness (QED) is 0.258. The smallest absolute Gasteiger partial charge is 0.303 e. The number of aliphatic hydroxyl groups excluding tert-OH is 1. The summed E-state index contributed by atoms with van der Waals surface area (Å²) in [6.45, 7) is -0.0217. The Kier molecular flexibility index (Phi) is 10.3. The minimum atomic E-state index is -3.84. The maximum absolute atomic E-state index is 12.9. The summed E-state index contributed by atoms with van der Waals surface area (Å²) < 4.78 is 62.2. The number of sulfone groups is 1. The third-order valence-electron chi connectivity index (χ3n) is 3.94. The van der Waals surface area contributed by atoms with Crippen LogP contribution in [0.15, 0.2) is 53.5 Å². The predicted octanol–water partition coefficient (Wildman–Crippen LogP) is 1.59. The van der Waals surface area contributed by atoms with E-state index in [1.54, 1.807) is 12.2 Å². The average molecular weight is 464 g/mol. The van der Waals surface area contributed by atoms with Crippen LogP contribution in [-0.2, 0) is 24.7 Å². The molecule has 1 atom stereocenters. The second kappa shape index (κ2) is 11.9. The van der Waals surface area contributed by atoms with E-state index in [4.69, 9.17) is 5.11 Å². The molecule has 0 bridgehead atoms. The van der Waals surface area contributed by atoms with Gasteiger partial charge in [0.2, 0.25) is 10.0 Å². The Morgan fingerprint density at radius 3 is 2.27 bits per heavy atom. The van der Waals surface area contributed by atoms with Gasteiger partial charge >= 0.3 is 5.97 Å². The standard InChI is InChI=1S/C19H26FNO7S2/c1-29(25,26)21(13-5-3-2-4-8-19(23)24)14-6-7-17(22)15-30(27,28)18-11-9-16(20)10-12-18/h3,5-7,9-12,17,22H,2,4,8,13-15H2,1H3,(H,23,24)/b5-3-,7-6+. The molecule has 1 aromatic carbocycles. The van der Waals surface area contributed by atoms with Crippen LogP contribution < -0.4 is 0 Å². The van der Waals surface area contributed by atoms with Gasteiger partial charge in [-0.2, -0.15) is 4.31 Å². The number of rotatable bonds is 13. The fourth-order valence-electron chi connectivity index (χ4n) is 2.38. The van der Waals surface area contributed by atoms with Crippen LogP contribution in [0.5, 0.6) is 0 Å². The molecular weight excluding hydrogens is 437 g/mol. The molecule has 0 fully saturated rings. The number of sulfonamides is 1. The van der Waals surface area contributed by atoms with Gasteiger partial charge in [-0.05, 0) is 37.1 Å². The molecule has 0 aliphatic carbocycles. The zero-order valence-corrected chi connectivity index (χ0v) is 18.1. The highest BCUT2D eigenvalue weighted by molar-refractivity contribution is 7.91. The Morgan fingerprint density at radius 2 is 1.70 bits per heavy atom. The van der Waals surface area contributed by atoms with Gasteiger partial charge < -0.3 is 10.2 Å². The van der Waals surface area contributed by atoms with Gasteiger partial charge in [0.15, 0.2) is 9.84 Å². The Bertz CT molecular complexity index is 955. The van der Waals surface area contributed by atoms with Crippen molar-refractivity contribution in [2.24, 2.45) is 0 Å². The van der Waals surface area contributed by atoms with E-state index >= 15 is 0 Å². The van der Waals surface area contributed by atoms with E-state index in [0.29, 0.717) is 12.8 Å². The van der Waals surface area contributed by atoms with Gasteiger partial charge in [-0.25, -0.2) is 21.2 Å². The summed E-state index contributed by atoms with van der Waals surface area (Å²) >= 11 is 0. The fourth-order valence-corrected chi connectivity index (χ4v) is 4.40. The number of unbranched alkanes of at least 4 members (excludes halogenated alkanes) is 1. The molecule has 0 spiro atoms. The number of carboxylic acid groups (broad SMARTS) is 1. The second-order valence-corrected chi connectivity index (χ2v) is 10.6. The topological polar surface area (TPSA) is 129 Å². The first kappa shape index (κ1) is 26.0. The van der Waals surface area contributed by atoms with Crippen molar-refractivity contribution < 1.29 is 36.2 Å². The van der Waals surface area contributed by atoms with Gasteiger partial charge in [-0.15, -0.1) is 0 Å². The molecule has 2 N–H and O–H groups in total. The van der Waals surface area contributed by atoms with E-state index in [-0.39, 0.29) is 24.4 Å². The molecule has 11 heteroatoms. The van der Waals surface area contributed by atoms with Gasteiger partial charge in [-0.1, -0.05) is 24.3 Å². The summed E-state index contributed by atoms with van der Waals surface area (Å²) in [4.78, 5) is 10.3. The van der Waals surface area contributed by atoms with Crippen molar-refractivity contribution in [2.45, 2.75) is 30.3 Å². The van der Waals surface area contributed by atoms with Crippen LogP contribution in [0.25, 0.3) is 0 Å². The van der Waals surface area contributed by atoms with Crippen LogP contribution in [0.3, 0.4) is 0 Å².